The first kappa shape index (κ1) is 11.3. The minimum absolute atomic E-state index is 0.240. The third-order valence-electron chi connectivity index (χ3n) is 1.65. The lowest BCUT2D eigenvalue weighted by molar-refractivity contribution is 0.299. The van der Waals surface area contributed by atoms with Crippen LogP contribution in [-0.2, 0) is 6.42 Å². The summed E-state index contributed by atoms with van der Waals surface area (Å²) in [6, 6.07) is 11.7. The molecule has 78 valence electrons. The highest BCUT2D eigenvalue weighted by molar-refractivity contribution is 5.14. The van der Waals surface area contributed by atoms with Crippen LogP contribution >= 0.6 is 0 Å². The number of nitrogens with zero attached hydrogens (tertiary/aromatic N) is 3. The Bertz CT molecular complexity index is 313. The van der Waals surface area contributed by atoms with Gasteiger partial charge in [-0.05, 0) is 23.3 Å². The van der Waals surface area contributed by atoms with Gasteiger partial charge in [0.2, 0.25) is 0 Å². The van der Waals surface area contributed by atoms with Gasteiger partial charge < -0.3 is 5.11 Å². The number of aliphatic hydroxyl groups is 1. The molecule has 0 aliphatic heterocycles. The minimum atomic E-state index is 0.240. The largest absolute Gasteiger partial charge is 0.396 e. The lowest BCUT2D eigenvalue weighted by atomic mass is 10.2. The Labute approximate surface area is 88.6 Å². The van der Waals surface area contributed by atoms with Crippen LogP contribution in [0, 0.1) is 0 Å². The predicted molar refractivity (Wildman–Crippen MR) is 57.1 cm³/mol. The first-order chi connectivity index (χ1) is 7.43. The van der Waals surface area contributed by atoms with Crippen molar-refractivity contribution in [1.29, 1.82) is 0 Å². The van der Waals surface area contributed by atoms with Gasteiger partial charge in [0.15, 0.2) is 0 Å². The lowest BCUT2D eigenvalue weighted by Gasteiger charge is -1.93. The van der Waals surface area contributed by atoms with Crippen LogP contribution in [0.5, 0.6) is 0 Å². The van der Waals surface area contributed by atoms with Crippen molar-refractivity contribution in [2.75, 3.05) is 6.61 Å². The molecule has 0 saturated carbocycles. The monoisotopic (exact) mass is 203 g/mol. The van der Waals surface area contributed by atoms with Crippen molar-refractivity contribution >= 4 is 0 Å². The summed E-state index contributed by atoms with van der Waals surface area (Å²) in [5.41, 5.74) is 1.19. The molecule has 0 radical (unpaired) electrons. The van der Waals surface area contributed by atoms with Crippen molar-refractivity contribution in [2.24, 2.45) is 0 Å². The smallest absolute Gasteiger partial charge is 0.0529 e. The van der Waals surface area contributed by atoms with Gasteiger partial charge in [-0.3, -0.25) is 0 Å². The van der Waals surface area contributed by atoms with Gasteiger partial charge in [0.1, 0.15) is 0 Å². The molecular weight excluding hydrogens is 190 g/mol. The molecule has 15 heavy (non-hydrogen) atoms. The molecule has 4 heteroatoms. The van der Waals surface area contributed by atoms with E-state index in [-0.39, 0.29) is 6.61 Å². The zero-order valence-corrected chi connectivity index (χ0v) is 8.32. The van der Waals surface area contributed by atoms with E-state index in [1.165, 1.54) is 5.56 Å². The molecule has 4 nitrogen and oxygen atoms in total. The molecule has 0 fully saturated rings. The van der Waals surface area contributed by atoms with Crippen molar-refractivity contribution in [2.45, 2.75) is 6.42 Å². The topological polar surface area (TPSA) is 58.9 Å². The molecule has 0 unspecified atom stereocenters. The first-order valence-corrected chi connectivity index (χ1v) is 4.66. The van der Waals surface area contributed by atoms with Crippen molar-refractivity contribution < 1.29 is 5.11 Å². The molecule has 0 saturated heterocycles. The van der Waals surface area contributed by atoms with E-state index in [1.54, 1.807) is 18.5 Å². The summed E-state index contributed by atoms with van der Waals surface area (Å²) in [5, 5.41) is 18.7. The summed E-state index contributed by atoms with van der Waals surface area (Å²) in [6.45, 7) is 0.240. The number of aliphatic hydroxyl groups excluding tert-OH is 1. The third-order valence-corrected chi connectivity index (χ3v) is 1.65. The first-order valence-electron chi connectivity index (χ1n) is 4.66. The van der Waals surface area contributed by atoms with Gasteiger partial charge in [0.25, 0.3) is 0 Å². The fourth-order valence-electron chi connectivity index (χ4n) is 0.979. The van der Waals surface area contributed by atoms with Crippen molar-refractivity contribution in [3.05, 3.63) is 54.4 Å². The summed E-state index contributed by atoms with van der Waals surface area (Å²) in [6.07, 6.45) is 3.92. The summed E-state index contributed by atoms with van der Waals surface area (Å²) < 4.78 is 0. The van der Waals surface area contributed by atoms with Gasteiger partial charge in [-0.25, -0.2) is 0 Å². The van der Waals surface area contributed by atoms with Crippen molar-refractivity contribution in [3.8, 4) is 0 Å². The second kappa shape index (κ2) is 7.58. The molecule has 0 amide bonds. The average Bonchev–Trinajstić information content (AvgIpc) is 2.34. The normalized spacial score (nSPS) is 8.87. The molecule has 0 aliphatic carbocycles. The standard InChI is InChI=1S/C8H10O.C3H3N3/c9-7-6-8-4-2-1-3-5-8;1-2-4-6-5-3-1/h1-5,9H,6-7H2;1-3H. The van der Waals surface area contributed by atoms with Crippen LogP contribution in [0.25, 0.3) is 0 Å². The predicted octanol–water partition coefficient (Wildman–Crippen LogP) is 1.09. The summed E-state index contributed by atoms with van der Waals surface area (Å²) in [5.74, 6) is 0. The van der Waals surface area contributed by atoms with Crippen molar-refractivity contribution in [3.63, 3.8) is 0 Å². The highest BCUT2D eigenvalue weighted by Crippen LogP contribution is 1.97. The highest BCUT2D eigenvalue weighted by atomic mass is 16.2. The molecule has 1 aromatic heterocycles. The maximum Gasteiger partial charge on any atom is 0.0529 e. The Morgan fingerprint density at radius 1 is 0.933 bits per heavy atom. The molecule has 0 atom stereocenters. The van der Waals surface area contributed by atoms with Crippen LogP contribution < -0.4 is 0 Å². The van der Waals surface area contributed by atoms with Crippen LogP contribution in [0.4, 0.5) is 0 Å². The average molecular weight is 203 g/mol. The second-order valence-electron chi connectivity index (χ2n) is 2.77. The highest BCUT2D eigenvalue weighted by Gasteiger charge is 1.85. The van der Waals surface area contributed by atoms with E-state index in [0.29, 0.717) is 0 Å². The van der Waals surface area contributed by atoms with Crippen LogP contribution in [-0.4, -0.2) is 27.1 Å². The third kappa shape index (κ3) is 5.49. The quantitative estimate of drug-likeness (QED) is 0.793. The molecule has 0 bridgehead atoms. The summed E-state index contributed by atoms with van der Waals surface area (Å²) in [7, 11) is 0. The van der Waals surface area contributed by atoms with E-state index in [1.807, 2.05) is 30.3 Å². The minimum Gasteiger partial charge on any atom is -0.396 e. The zero-order chi connectivity index (χ0) is 10.8. The fourth-order valence-corrected chi connectivity index (χ4v) is 0.979. The lowest BCUT2D eigenvalue weighted by Crippen LogP contribution is -1.88. The Kier molecular flexibility index (Phi) is 5.69. The number of benzene rings is 1. The van der Waals surface area contributed by atoms with Gasteiger partial charge in [-0.1, -0.05) is 30.3 Å². The number of aromatic nitrogens is 3. The van der Waals surface area contributed by atoms with Crippen LogP contribution in [0.15, 0.2) is 48.8 Å². The summed E-state index contributed by atoms with van der Waals surface area (Å²) >= 11 is 0. The fraction of sp³-hybridized carbons (Fsp3) is 0.182. The van der Waals surface area contributed by atoms with E-state index in [9.17, 15) is 0 Å². The van der Waals surface area contributed by atoms with E-state index >= 15 is 0 Å². The van der Waals surface area contributed by atoms with Gasteiger partial charge in [0, 0.05) is 6.61 Å². The number of hydrogen-bond donors (Lipinski definition) is 1. The Balaban J connectivity index is 0.000000162. The Morgan fingerprint density at radius 2 is 1.60 bits per heavy atom. The van der Waals surface area contributed by atoms with E-state index in [4.69, 9.17) is 5.11 Å². The van der Waals surface area contributed by atoms with Gasteiger partial charge in [-0.2, -0.15) is 0 Å². The van der Waals surface area contributed by atoms with E-state index in [2.05, 4.69) is 15.4 Å². The maximum atomic E-state index is 8.52. The van der Waals surface area contributed by atoms with Gasteiger partial charge >= 0.3 is 0 Å². The zero-order valence-electron chi connectivity index (χ0n) is 8.32. The molecule has 0 spiro atoms. The van der Waals surface area contributed by atoms with Gasteiger partial charge in [0.05, 0.1) is 12.4 Å². The molecule has 2 rings (SSSR count). The maximum absolute atomic E-state index is 8.52. The molecule has 1 aromatic carbocycles. The summed E-state index contributed by atoms with van der Waals surface area (Å²) in [4.78, 5) is 0. The van der Waals surface area contributed by atoms with Crippen LogP contribution in [0.1, 0.15) is 5.56 Å². The number of rotatable bonds is 2. The Hall–Kier alpha value is -1.81. The van der Waals surface area contributed by atoms with Crippen LogP contribution in [0.3, 0.4) is 0 Å². The molecule has 1 heterocycles. The van der Waals surface area contributed by atoms with E-state index in [0.717, 1.165) is 6.42 Å². The molecule has 0 aliphatic rings. The van der Waals surface area contributed by atoms with Crippen molar-refractivity contribution in [1.82, 2.24) is 15.4 Å². The Morgan fingerprint density at radius 3 is 2.00 bits per heavy atom. The van der Waals surface area contributed by atoms with E-state index < -0.39 is 0 Å². The SMILES string of the molecule is OCCc1ccccc1.c1cnnnc1. The van der Waals surface area contributed by atoms with Crippen LogP contribution in [0.2, 0.25) is 0 Å². The molecular formula is C11H13N3O. The number of hydrogen-bond acceptors (Lipinski definition) is 4. The van der Waals surface area contributed by atoms with Gasteiger partial charge in [-0.15, -0.1) is 10.2 Å². The molecule has 2 aromatic rings. The second-order valence-corrected chi connectivity index (χ2v) is 2.77. The molecule has 1 N–H and O–H groups in total.